The normalized spacial score (nSPS) is 11.5. The van der Waals surface area contributed by atoms with Crippen molar-refractivity contribution in [3.63, 3.8) is 0 Å². The van der Waals surface area contributed by atoms with Crippen LogP contribution in [0, 0.1) is 18.2 Å². The topological polar surface area (TPSA) is 37.4 Å². The summed E-state index contributed by atoms with van der Waals surface area (Å²) in [6.07, 6.45) is 5.08. The van der Waals surface area contributed by atoms with E-state index in [4.69, 9.17) is 6.42 Å². The number of hydrogen-bond acceptors (Lipinski definition) is 2. The molecule has 0 fully saturated rings. The van der Waals surface area contributed by atoms with Crippen molar-refractivity contribution in [3.05, 3.63) is 28.5 Å². The molecule has 1 aromatic rings. The predicted octanol–water partition coefficient (Wildman–Crippen LogP) is 2.23. The van der Waals surface area contributed by atoms with Gasteiger partial charge in [-0.05, 0) is 18.2 Å². The molecule has 1 aromatic carbocycles. The minimum atomic E-state index is -3.87. The average molecular weight is 320 g/mol. The van der Waals surface area contributed by atoms with Crippen LogP contribution in [0.5, 0.6) is 0 Å². The molecule has 0 aliphatic heterocycles. The Morgan fingerprint density at radius 2 is 2.18 bits per heavy atom. The van der Waals surface area contributed by atoms with Crippen molar-refractivity contribution in [2.75, 3.05) is 13.1 Å². The minimum Gasteiger partial charge on any atom is -0.207 e. The van der Waals surface area contributed by atoms with Gasteiger partial charge in [0.15, 0.2) is 0 Å². The van der Waals surface area contributed by atoms with Gasteiger partial charge in [-0.15, -0.1) is 6.42 Å². The Bertz CT molecular complexity index is 551. The molecule has 0 radical (unpaired) electrons. The Balaban J connectivity index is 3.26. The number of rotatable bonds is 4. The van der Waals surface area contributed by atoms with Gasteiger partial charge in [-0.2, -0.15) is 4.31 Å². The number of terminal acetylenes is 1. The summed E-state index contributed by atoms with van der Waals surface area (Å²) in [5.74, 6) is 1.44. The van der Waals surface area contributed by atoms with Crippen LogP contribution in [0.3, 0.4) is 0 Å². The van der Waals surface area contributed by atoms with Crippen molar-refractivity contribution < 1.29 is 12.8 Å². The maximum atomic E-state index is 13.6. The lowest BCUT2D eigenvalue weighted by Gasteiger charge is -2.18. The van der Waals surface area contributed by atoms with Crippen LogP contribution < -0.4 is 0 Å². The standard InChI is InChI=1S/C11H11BrFNO2S/c1-3-7-14(4-2)17(15,16)11-6-5-9(12)8-10(11)13/h1,5-6,8H,4,7H2,2H3. The van der Waals surface area contributed by atoms with E-state index in [9.17, 15) is 12.8 Å². The summed E-state index contributed by atoms with van der Waals surface area (Å²) >= 11 is 3.07. The van der Waals surface area contributed by atoms with Gasteiger partial charge in [-0.25, -0.2) is 12.8 Å². The molecule has 0 N–H and O–H groups in total. The molecule has 0 heterocycles. The lowest BCUT2D eigenvalue weighted by atomic mass is 10.3. The van der Waals surface area contributed by atoms with Crippen LogP contribution in [0.25, 0.3) is 0 Å². The largest absolute Gasteiger partial charge is 0.246 e. The first-order valence-corrected chi connectivity index (χ1v) is 7.05. The van der Waals surface area contributed by atoms with Crippen molar-refractivity contribution in [2.45, 2.75) is 11.8 Å². The Morgan fingerprint density at radius 1 is 1.53 bits per heavy atom. The fraction of sp³-hybridized carbons (Fsp3) is 0.273. The zero-order valence-electron chi connectivity index (χ0n) is 9.15. The molecule has 92 valence electrons. The van der Waals surface area contributed by atoms with E-state index >= 15 is 0 Å². The van der Waals surface area contributed by atoms with Gasteiger partial charge in [-0.1, -0.05) is 28.8 Å². The smallest absolute Gasteiger partial charge is 0.207 e. The number of benzene rings is 1. The first kappa shape index (κ1) is 14.2. The molecule has 17 heavy (non-hydrogen) atoms. The molecule has 0 aliphatic rings. The summed E-state index contributed by atoms with van der Waals surface area (Å²) < 4.78 is 39.2. The van der Waals surface area contributed by atoms with Crippen LogP contribution in [-0.4, -0.2) is 25.8 Å². The third-order valence-corrected chi connectivity index (χ3v) is 4.58. The van der Waals surface area contributed by atoms with E-state index in [0.29, 0.717) is 4.47 Å². The number of nitrogens with zero attached hydrogens (tertiary/aromatic N) is 1. The molecule has 0 amide bonds. The van der Waals surface area contributed by atoms with Crippen molar-refractivity contribution in [1.82, 2.24) is 4.31 Å². The third kappa shape index (κ3) is 3.06. The van der Waals surface area contributed by atoms with Crippen molar-refractivity contribution in [3.8, 4) is 12.3 Å². The van der Waals surface area contributed by atoms with Crippen LogP contribution >= 0.6 is 15.9 Å². The van der Waals surface area contributed by atoms with E-state index in [-0.39, 0.29) is 18.0 Å². The average Bonchev–Trinajstić information content (AvgIpc) is 2.24. The Labute approximate surface area is 109 Å². The van der Waals surface area contributed by atoms with E-state index in [1.165, 1.54) is 12.1 Å². The second-order valence-corrected chi connectivity index (χ2v) is 6.03. The molecule has 0 bridgehead atoms. The highest BCUT2D eigenvalue weighted by atomic mass is 79.9. The van der Waals surface area contributed by atoms with Crippen molar-refractivity contribution in [2.24, 2.45) is 0 Å². The molecule has 0 aliphatic carbocycles. The monoisotopic (exact) mass is 319 g/mol. The van der Waals surface area contributed by atoms with Crippen LogP contribution in [0.15, 0.2) is 27.6 Å². The molecular weight excluding hydrogens is 309 g/mol. The number of halogens is 2. The van der Waals surface area contributed by atoms with Crippen LogP contribution in [0.4, 0.5) is 4.39 Å². The molecule has 1 rings (SSSR count). The van der Waals surface area contributed by atoms with E-state index in [1.807, 2.05) is 0 Å². The second kappa shape index (κ2) is 5.63. The second-order valence-electron chi connectivity index (χ2n) is 3.21. The first-order valence-electron chi connectivity index (χ1n) is 4.82. The fourth-order valence-corrected chi connectivity index (χ4v) is 3.03. The molecule has 0 saturated heterocycles. The maximum Gasteiger partial charge on any atom is 0.246 e. The summed E-state index contributed by atoms with van der Waals surface area (Å²) in [4.78, 5) is -0.363. The fourth-order valence-electron chi connectivity index (χ4n) is 1.29. The zero-order valence-corrected chi connectivity index (χ0v) is 11.6. The predicted molar refractivity (Wildman–Crippen MR) is 67.4 cm³/mol. The molecule has 0 atom stereocenters. The summed E-state index contributed by atoms with van der Waals surface area (Å²) in [7, 11) is -3.87. The van der Waals surface area contributed by atoms with Gasteiger partial charge in [0.05, 0.1) is 6.54 Å². The summed E-state index contributed by atoms with van der Waals surface area (Å²) in [6.45, 7) is 1.77. The molecule has 0 aromatic heterocycles. The van der Waals surface area contributed by atoms with Gasteiger partial charge in [-0.3, -0.25) is 0 Å². The highest BCUT2D eigenvalue weighted by Crippen LogP contribution is 2.22. The Kier molecular flexibility index (Phi) is 4.69. The van der Waals surface area contributed by atoms with Gasteiger partial charge in [0, 0.05) is 11.0 Å². The quantitative estimate of drug-likeness (QED) is 0.798. The van der Waals surface area contributed by atoms with Crippen LogP contribution in [-0.2, 0) is 10.0 Å². The lowest BCUT2D eigenvalue weighted by molar-refractivity contribution is 0.457. The van der Waals surface area contributed by atoms with Gasteiger partial charge in [0.1, 0.15) is 10.7 Å². The third-order valence-electron chi connectivity index (χ3n) is 2.13. The molecule has 6 heteroatoms. The highest BCUT2D eigenvalue weighted by molar-refractivity contribution is 9.10. The molecule has 0 unspecified atom stereocenters. The summed E-state index contributed by atoms with van der Waals surface area (Å²) in [5, 5.41) is 0. The van der Waals surface area contributed by atoms with E-state index in [1.54, 1.807) is 6.92 Å². The van der Waals surface area contributed by atoms with E-state index in [0.717, 1.165) is 10.4 Å². The van der Waals surface area contributed by atoms with E-state index in [2.05, 4.69) is 21.9 Å². The zero-order chi connectivity index (χ0) is 13.1. The first-order chi connectivity index (χ1) is 7.93. The number of hydrogen-bond donors (Lipinski definition) is 0. The van der Waals surface area contributed by atoms with Crippen LogP contribution in [0.1, 0.15) is 6.92 Å². The molecular formula is C11H11BrFNO2S. The van der Waals surface area contributed by atoms with Gasteiger partial charge < -0.3 is 0 Å². The van der Waals surface area contributed by atoms with Gasteiger partial charge >= 0.3 is 0 Å². The minimum absolute atomic E-state index is 0.0751. The Morgan fingerprint density at radius 3 is 2.65 bits per heavy atom. The summed E-state index contributed by atoms with van der Waals surface area (Å²) in [6, 6.07) is 3.80. The van der Waals surface area contributed by atoms with Crippen molar-refractivity contribution in [1.29, 1.82) is 0 Å². The molecule has 0 saturated carbocycles. The maximum absolute atomic E-state index is 13.6. The Hall–Kier alpha value is -0.900. The van der Waals surface area contributed by atoms with Crippen molar-refractivity contribution >= 4 is 26.0 Å². The van der Waals surface area contributed by atoms with Gasteiger partial charge in [0.25, 0.3) is 0 Å². The van der Waals surface area contributed by atoms with E-state index < -0.39 is 15.8 Å². The van der Waals surface area contributed by atoms with Crippen LogP contribution in [0.2, 0.25) is 0 Å². The SMILES string of the molecule is C#CCN(CC)S(=O)(=O)c1ccc(Br)cc1F. The molecule has 0 spiro atoms. The van der Waals surface area contributed by atoms with Gasteiger partial charge in [0.2, 0.25) is 10.0 Å². The molecule has 3 nitrogen and oxygen atoms in total. The number of sulfonamides is 1. The summed E-state index contributed by atoms with van der Waals surface area (Å²) in [5.41, 5.74) is 0. The highest BCUT2D eigenvalue weighted by Gasteiger charge is 2.25. The lowest BCUT2D eigenvalue weighted by Crippen LogP contribution is -2.31.